The molecule has 1 heterocycles. The van der Waals surface area contributed by atoms with Gasteiger partial charge in [0.2, 0.25) is 5.75 Å². The van der Waals surface area contributed by atoms with Gasteiger partial charge < -0.3 is 9.47 Å². The van der Waals surface area contributed by atoms with Crippen molar-refractivity contribution >= 4 is 23.1 Å². The maximum atomic E-state index is 8.49. The Balaban J connectivity index is 0.000000555. The average molecular weight is 469 g/mol. The van der Waals surface area contributed by atoms with E-state index in [1.807, 2.05) is 72.8 Å². The highest BCUT2D eigenvalue weighted by atomic mass is 35.7. The van der Waals surface area contributed by atoms with Crippen molar-refractivity contribution in [2.75, 3.05) is 14.2 Å². The van der Waals surface area contributed by atoms with Gasteiger partial charge in [0.25, 0.3) is 0 Å². The first-order chi connectivity index (χ1) is 15.8. The van der Waals surface area contributed by atoms with Crippen LogP contribution < -0.4 is 28.1 Å². The lowest BCUT2D eigenvalue weighted by Crippen LogP contribution is -2.68. The average Bonchev–Trinajstić information content (AvgIpc) is 2.81. The van der Waals surface area contributed by atoms with E-state index in [4.69, 9.17) is 32.5 Å². The molecule has 170 valence electrons. The molecule has 3 aromatic carbocycles. The van der Waals surface area contributed by atoms with Crippen molar-refractivity contribution in [3.8, 4) is 22.6 Å². The summed E-state index contributed by atoms with van der Waals surface area (Å²) in [7, 11) is -1.62. The molecule has 0 atom stereocenters. The van der Waals surface area contributed by atoms with Gasteiger partial charge in [0.1, 0.15) is 5.75 Å². The lowest BCUT2D eigenvalue weighted by molar-refractivity contribution is -2.00. The van der Waals surface area contributed by atoms with Gasteiger partial charge in [0.05, 0.1) is 25.2 Å². The van der Waals surface area contributed by atoms with Crippen LogP contribution >= 0.6 is 0 Å². The van der Waals surface area contributed by atoms with E-state index < -0.39 is 10.2 Å². The second kappa shape index (κ2) is 10.9. The molecule has 8 heteroatoms. The topological polar surface area (TPSA) is 122 Å². The zero-order chi connectivity index (χ0) is 23.8. The van der Waals surface area contributed by atoms with Gasteiger partial charge in [0, 0.05) is 6.08 Å². The summed E-state index contributed by atoms with van der Waals surface area (Å²) >= 11 is 0. The highest BCUT2D eigenvalue weighted by molar-refractivity contribution is 5.90. The number of benzene rings is 3. The fourth-order valence-electron chi connectivity index (χ4n) is 3.16. The summed E-state index contributed by atoms with van der Waals surface area (Å²) in [5.74, 6) is 2.33. The molecule has 0 spiro atoms. The minimum Gasteiger partial charge on any atom is -0.497 e. The van der Waals surface area contributed by atoms with Crippen molar-refractivity contribution in [3.63, 3.8) is 0 Å². The quantitative estimate of drug-likeness (QED) is 0.409. The monoisotopic (exact) mass is 468 g/mol. The summed E-state index contributed by atoms with van der Waals surface area (Å²) in [4.78, 5) is 0. The van der Waals surface area contributed by atoms with Gasteiger partial charge in [-0.2, -0.15) is 0 Å². The van der Waals surface area contributed by atoms with Crippen LogP contribution in [-0.4, -0.2) is 14.2 Å². The van der Waals surface area contributed by atoms with Crippen LogP contribution in [-0.2, 0) is 0 Å². The van der Waals surface area contributed by atoms with Crippen molar-refractivity contribution in [1.82, 2.24) is 0 Å². The Hall–Kier alpha value is -3.46. The van der Waals surface area contributed by atoms with Crippen LogP contribution in [0.4, 0.5) is 0 Å². The molecule has 0 aliphatic rings. The van der Waals surface area contributed by atoms with E-state index in [0.717, 1.165) is 44.9 Å². The molecular formula is C25H21ClO7. The maximum Gasteiger partial charge on any atom is 0.402 e. The molecule has 0 unspecified atom stereocenters. The minimum atomic E-state index is -4.94. The van der Waals surface area contributed by atoms with E-state index in [-0.39, 0.29) is 0 Å². The van der Waals surface area contributed by atoms with Crippen molar-refractivity contribution in [1.29, 1.82) is 0 Å². The van der Waals surface area contributed by atoms with Gasteiger partial charge in [-0.1, -0.05) is 48.5 Å². The Bertz CT molecular complexity index is 1210. The standard InChI is InChI=1S/C25H21O3.ClHO4/c1-26-21-14-11-18(12-15-21)13-16-23-22(19-7-4-3-5-8-19)17-20-9-6-10-24(27-2)25(20)28-23;2-1(3,4)5/h3-17H,1-2H3;(H,2,3,4,5)/q+1;/p-1. The molecule has 0 fully saturated rings. The van der Waals surface area contributed by atoms with Crippen LogP contribution in [0.2, 0.25) is 0 Å². The largest absolute Gasteiger partial charge is 0.497 e. The zero-order valence-corrected chi connectivity index (χ0v) is 18.7. The molecule has 0 N–H and O–H groups in total. The van der Waals surface area contributed by atoms with Crippen LogP contribution in [0.5, 0.6) is 11.5 Å². The molecule has 0 aliphatic carbocycles. The van der Waals surface area contributed by atoms with Crippen molar-refractivity contribution in [2.45, 2.75) is 0 Å². The summed E-state index contributed by atoms with van der Waals surface area (Å²) in [6.45, 7) is 0. The van der Waals surface area contributed by atoms with E-state index in [1.54, 1.807) is 14.2 Å². The predicted molar refractivity (Wildman–Crippen MR) is 115 cm³/mol. The molecule has 7 nitrogen and oxygen atoms in total. The molecular weight excluding hydrogens is 448 g/mol. The fourth-order valence-corrected chi connectivity index (χ4v) is 3.16. The van der Waals surface area contributed by atoms with E-state index in [2.05, 4.69) is 18.2 Å². The van der Waals surface area contributed by atoms with Crippen molar-refractivity contribution < 1.29 is 42.8 Å². The van der Waals surface area contributed by atoms with Crippen LogP contribution in [0.25, 0.3) is 34.2 Å². The normalized spacial score (nSPS) is 11.2. The zero-order valence-electron chi connectivity index (χ0n) is 17.9. The first-order valence-electron chi connectivity index (χ1n) is 9.71. The van der Waals surface area contributed by atoms with Gasteiger partial charge in [-0.15, -0.1) is 10.2 Å². The number of methoxy groups -OCH3 is 2. The third-order valence-electron chi connectivity index (χ3n) is 4.63. The maximum absolute atomic E-state index is 8.49. The molecule has 0 saturated heterocycles. The lowest BCUT2D eigenvalue weighted by Gasteiger charge is -2.17. The Morgan fingerprint density at radius 3 is 2.03 bits per heavy atom. The highest BCUT2D eigenvalue weighted by Gasteiger charge is 2.21. The van der Waals surface area contributed by atoms with Crippen LogP contribution in [0.1, 0.15) is 11.3 Å². The van der Waals surface area contributed by atoms with Gasteiger partial charge in [0.15, 0.2) is 0 Å². The van der Waals surface area contributed by atoms with Gasteiger partial charge in [-0.05, 0) is 47.5 Å². The molecule has 4 aromatic rings. The summed E-state index contributed by atoms with van der Waals surface area (Å²) in [6, 6.07) is 26.2. The fraction of sp³-hybridized carbons (Fsp3) is 0.0800. The lowest BCUT2D eigenvalue weighted by atomic mass is 10.0. The number of halogens is 1. The second-order valence-corrected chi connectivity index (χ2v) is 7.51. The Morgan fingerprint density at radius 2 is 1.42 bits per heavy atom. The van der Waals surface area contributed by atoms with Crippen molar-refractivity contribution in [2.24, 2.45) is 0 Å². The number of fused-ring (bicyclic) bond motifs is 1. The minimum absolute atomic E-state index is 0.719. The Labute approximate surface area is 193 Å². The van der Waals surface area contributed by atoms with Crippen LogP contribution in [0, 0.1) is 10.2 Å². The molecule has 0 radical (unpaired) electrons. The molecule has 4 rings (SSSR count). The molecule has 0 bridgehead atoms. The van der Waals surface area contributed by atoms with E-state index in [9.17, 15) is 0 Å². The number of ether oxygens (including phenoxy) is 2. The Morgan fingerprint density at radius 1 is 0.758 bits per heavy atom. The van der Waals surface area contributed by atoms with Gasteiger partial charge in [-0.25, -0.2) is 23.1 Å². The third kappa shape index (κ3) is 7.01. The summed E-state index contributed by atoms with van der Waals surface area (Å²) < 4.78 is 51.0. The molecule has 0 amide bonds. The van der Waals surface area contributed by atoms with Crippen LogP contribution in [0.3, 0.4) is 0 Å². The second-order valence-electron chi connectivity index (χ2n) is 6.75. The SMILES string of the molecule is COc1ccc(C=Cc2[o+]c3c(OC)cccc3cc2-c2ccccc2)cc1.[O-][Cl+3]([O-])([O-])[O-]. The summed E-state index contributed by atoms with van der Waals surface area (Å²) in [6.07, 6.45) is 4.03. The number of hydrogen-bond donors (Lipinski definition) is 0. The number of para-hydroxylation sites is 1. The summed E-state index contributed by atoms with van der Waals surface area (Å²) in [5, 5.41) is 1.000. The van der Waals surface area contributed by atoms with Gasteiger partial charge in [-0.3, -0.25) is 0 Å². The van der Waals surface area contributed by atoms with E-state index in [0.29, 0.717) is 0 Å². The van der Waals surface area contributed by atoms with E-state index in [1.165, 1.54) is 0 Å². The number of hydrogen-bond acceptors (Lipinski definition) is 6. The van der Waals surface area contributed by atoms with E-state index >= 15 is 0 Å². The van der Waals surface area contributed by atoms with Crippen LogP contribution in [0.15, 0.2) is 83.3 Å². The molecule has 0 saturated carbocycles. The first kappa shape index (κ1) is 24.2. The highest BCUT2D eigenvalue weighted by Crippen LogP contribution is 2.34. The number of rotatable bonds is 5. The molecule has 33 heavy (non-hydrogen) atoms. The first-order valence-corrected chi connectivity index (χ1v) is 10.9. The summed E-state index contributed by atoms with van der Waals surface area (Å²) in [5.41, 5.74) is 3.94. The molecule has 1 aromatic heterocycles. The smallest absolute Gasteiger partial charge is 0.402 e. The molecule has 0 aliphatic heterocycles. The predicted octanol–water partition coefficient (Wildman–Crippen LogP) is 1.81. The Kier molecular flexibility index (Phi) is 8.00. The van der Waals surface area contributed by atoms with Crippen molar-refractivity contribution in [3.05, 3.63) is 90.2 Å². The van der Waals surface area contributed by atoms with Gasteiger partial charge >= 0.3 is 11.3 Å². The third-order valence-corrected chi connectivity index (χ3v) is 4.63.